The number of carbonyl (C=O) groups excluding carboxylic acids is 2. The van der Waals surface area contributed by atoms with E-state index in [9.17, 15) is 14.7 Å². The van der Waals surface area contributed by atoms with E-state index in [4.69, 9.17) is 9.47 Å². The number of aliphatic hydroxyl groups is 1. The Bertz CT molecular complexity index is 408. The Morgan fingerprint density at radius 2 is 1.83 bits per heavy atom. The first-order valence-corrected chi connectivity index (χ1v) is 5.62. The lowest BCUT2D eigenvalue weighted by Crippen LogP contribution is -2.12. The standard InChI is InChI=1S/C12H15NO5/c1-3-10(15)17-9-5-6-13-12(8(9)7-14)18-11(16)4-2/h5-6,14H,3-4,7H2,1-2H3. The molecule has 6 nitrogen and oxygen atoms in total. The van der Waals surface area contributed by atoms with Crippen LogP contribution in [0.3, 0.4) is 0 Å². The molecule has 0 saturated heterocycles. The number of carbonyl (C=O) groups is 2. The maximum absolute atomic E-state index is 11.2. The summed E-state index contributed by atoms with van der Waals surface area (Å²) >= 11 is 0. The van der Waals surface area contributed by atoms with Crippen LogP contribution in [0.25, 0.3) is 0 Å². The quantitative estimate of drug-likeness (QED) is 0.794. The molecule has 6 heteroatoms. The highest BCUT2D eigenvalue weighted by Crippen LogP contribution is 2.26. The van der Waals surface area contributed by atoms with Crippen molar-refractivity contribution in [2.45, 2.75) is 33.3 Å². The van der Waals surface area contributed by atoms with Crippen LogP contribution in [0.15, 0.2) is 12.3 Å². The van der Waals surface area contributed by atoms with Gasteiger partial charge in [-0.25, -0.2) is 4.98 Å². The normalized spacial score (nSPS) is 9.94. The second-order valence-electron chi connectivity index (χ2n) is 3.41. The molecule has 0 fully saturated rings. The van der Waals surface area contributed by atoms with E-state index in [1.165, 1.54) is 12.3 Å². The lowest BCUT2D eigenvalue weighted by atomic mass is 10.2. The predicted octanol–water partition coefficient (Wildman–Crippen LogP) is 1.20. The number of rotatable bonds is 5. The van der Waals surface area contributed by atoms with E-state index in [-0.39, 0.29) is 30.0 Å². The molecule has 98 valence electrons. The Balaban J connectivity index is 3.01. The fraction of sp³-hybridized carbons (Fsp3) is 0.417. The summed E-state index contributed by atoms with van der Waals surface area (Å²) in [5, 5.41) is 9.25. The minimum atomic E-state index is -0.476. The Morgan fingerprint density at radius 3 is 2.39 bits per heavy atom. The molecule has 1 heterocycles. The Hall–Kier alpha value is -1.95. The monoisotopic (exact) mass is 253 g/mol. The summed E-state index contributed by atoms with van der Waals surface area (Å²) in [5.74, 6) is -0.802. The van der Waals surface area contributed by atoms with E-state index < -0.39 is 18.5 Å². The molecule has 18 heavy (non-hydrogen) atoms. The van der Waals surface area contributed by atoms with E-state index in [1.54, 1.807) is 13.8 Å². The molecule has 1 N–H and O–H groups in total. The summed E-state index contributed by atoms with van der Waals surface area (Å²) in [6.45, 7) is 2.86. The molecule has 1 aromatic rings. The van der Waals surface area contributed by atoms with Crippen LogP contribution >= 0.6 is 0 Å². The minimum absolute atomic E-state index is 0.0363. The van der Waals surface area contributed by atoms with Gasteiger partial charge in [-0.3, -0.25) is 9.59 Å². The number of ether oxygens (including phenoxy) is 2. The molecule has 0 aliphatic rings. The molecule has 0 atom stereocenters. The van der Waals surface area contributed by atoms with Crippen LogP contribution in [0, 0.1) is 0 Å². The van der Waals surface area contributed by atoms with Gasteiger partial charge in [-0.15, -0.1) is 0 Å². The van der Waals surface area contributed by atoms with Crippen molar-refractivity contribution in [1.82, 2.24) is 4.98 Å². The Kier molecular flexibility index (Phi) is 5.26. The topological polar surface area (TPSA) is 85.7 Å². The molecule has 0 aliphatic heterocycles. The summed E-state index contributed by atoms with van der Waals surface area (Å²) in [4.78, 5) is 26.2. The van der Waals surface area contributed by atoms with Gasteiger partial charge in [-0.05, 0) is 6.07 Å². The fourth-order valence-electron chi connectivity index (χ4n) is 1.16. The number of pyridine rings is 1. The van der Waals surface area contributed by atoms with E-state index in [2.05, 4.69) is 4.98 Å². The SMILES string of the molecule is CCC(=O)Oc1ccnc(OC(=O)CC)c1CO. The van der Waals surface area contributed by atoms with Crippen LogP contribution in [0.4, 0.5) is 0 Å². The summed E-state index contributed by atoms with van der Waals surface area (Å²) in [7, 11) is 0. The van der Waals surface area contributed by atoms with Crippen LogP contribution in [0.1, 0.15) is 32.3 Å². The average Bonchev–Trinajstić information content (AvgIpc) is 2.38. The molecule has 0 spiro atoms. The highest BCUT2D eigenvalue weighted by Gasteiger charge is 2.16. The lowest BCUT2D eigenvalue weighted by Gasteiger charge is -2.11. The number of aromatic nitrogens is 1. The molecule has 1 rings (SSSR count). The van der Waals surface area contributed by atoms with Crippen molar-refractivity contribution in [2.75, 3.05) is 0 Å². The first-order chi connectivity index (χ1) is 8.62. The van der Waals surface area contributed by atoms with E-state index in [1.807, 2.05) is 0 Å². The van der Waals surface area contributed by atoms with Crippen LogP contribution in [0.5, 0.6) is 11.6 Å². The molecule has 0 aliphatic carbocycles. The summed E-state index contributed by atoms with van der Waals surface area (Å²) < 4.78 is 9.95. The van der Waals surface area contributed by atoms with Crippen LogP contribution in [-0.4, -0.2) is 22.0 Å². The lowest BCUT2D eigenvalue weighted by molar-refractivity contribution is -0.134. The molecule has 0 saturated carbocycles. The maximum atomic E-state index is 11.2. The second-order valence-corrected chi connectivity index (χ2v) is 3.41. The molecular weight excluding hydrogens is 238 g/mol. The highest BCUT2D eigenvalue weighted by atomic mass is 16.6. The van der Waals surface area contributed by atoms with Gasteiger partial charge in [0.25, 0.3) is 0 Å². The Labute approximate surface area is 105 Å². The summed E-state index contributed by atoms with van der Waals surface area (Å²) in [5.41, 5.74) is 0.182. The summed E-state index contributed by atoms with van der Waals surface area (Å²) in [6, 6.07) is 1.43. The van der Waals surface area contributed by atoms with Crippen molar-refractivity contribution < 1.29 is 24.2 Å². The van der Waals surface area contributed by atoms with E-state index in [0.29, 0.717) is 0 Å². The molecule has 0 amide bonds. The van der Waals surface area contributed by atoms with Gasteiger partial charge in [0.1, 0.15) is 5.75 Å². The van der Waals surface area contributed by atoms with Crippen molar-refractivity contribution in [3.8, 4) is 11.6 Å². The third-order valence-electron chi connectivity index (χ3n) is 2.14. The largest absolute Gasteiger partial charge is 0.426 e. The predicted molar refractivity (Wildman–Crippen MR) is 62.0 cm³/mol. The minimum Gasteiger partial charge on any atom is -0.426 e. The smallest absolute Gasteiger partial charge is 0.312 e. The molecular formula is C12H15NO5. The number of aliphatic hydroxyl groups excluding tert-OH is 1. The maximum Gasteiger partial charge on any atom is 0.312 e. The second kappa shape index (κ2) is 6.70. The molecule has 0 bridgehead atoms. The van der Waals surface area contributed by atoms with Crippen molar-refractivity contribution >= 4 is 11.9 Å². The Morgan fingerprint density at radius 1 is 1.22 bits per heavy atom. The average molecular weight is 253 g/mol. The van der Waals surface area contributed by atoms with Gasteiger partial charge in [0, 0.05) is 19.0 Å². The molecule has 0 radical (unpaired) electrons. The van der Waals surface area contributed by atoms with Gasteiger partial charge in [-0.2, -0.15) is 0 Å². The van der Waals surface area contributed by atoms with Gasteiger partial charge in [-0.1, -0.05) is 13.8 Å². The fourth-order valence-corrected chi connectivity index (χ4v) is 1.16. The molecule has 1 aromatic heterocycles. The molecule has 0 aromatic carbocycles. The number of esters is 2. The van der Waals surface area contributed by atoms with Crippen molar-refractivity contribution in [2.24, 2.45) is 0 Å². The van der Waals surface area contributed by atoms with Crippen molar-refractivity contribution in [3.05, 3.63) is 17.8 Å². The van der Waals surface area contributed by atoms with Gasteiger partial charge < -0.3 is 14.6 Å². The molecule has 0 unspecified atom stereocenters. The number of hydrogen-bond acceptors (Lipinski definition) is 6. The van der Waals surface area contributed by atoms with Crippen LogP contribution in [0.2, 0.25) is 0 Å². The third kappa shape index (κ3) is 3.53. The number of nitrogens with zero attached hydrogens (tertiary/aromatic N) is 1. The highest BCUT2D eigenvalue weighted by molar-refractivity contribution is 5.74. The van der Waals surface area contributed by atoms with Crippen molar-refractivity contribution in [3.63, 3.8) is 0 Å². The third-order valence-corrected chi connectivity index (χ3v) is 2.14. The zero-order valence-electron chi connectivity index (χ0n) is 10.3. The van der Waals surface area contributed by atoms with E-state index >= 15 is 0 Å². The first-order valence-electron chi connectivity index (χ1n) is 5.62. The first kappa shape index (κ1) is 14.1. The summed E-state index contributed by atoms with van der Waals surface area (Å²) in [6.07, 6.45) is 1.73. The van der Waals surface area contributed by atoms with Gasteiger partial charge in [0.05, 0.1) is 12.2 Å². The van der Waals surface area contributed by atoms with Crippen molar-refractivity contribution in [1.29, 1.82) is 0 Å². The van der Waals surface area contributed by atoms with Gasteiger partial charge in [0.15, 0.2) is 0 Å². The van der Waals surface area contributed by atoms with Gasteiger partial charge in [0.2, 0.25) is 5.88 Å². The van der Waals surface area contributed by atoms with Crippen LogP contribution < -0.4 is 9.47 Å². The zero-order valence-corrected chi connectivity index (χ0v) is 10.3. The zero-order chi connectivity index (χ0) is 13.5. The number of hydrogen-bond donors (Lipinski definition) is 1. The van der Waals surface area contributed by atoms with E-state index in [0.717, 1.165) is 0 Å². The van der Waals surface area contributed by atoms with Crippen LogP contribution in [-0.2, 0) is 16.2 Å². The van der Waals surface area contributed by atoms with Gasteiger partial charge >= 0.3 is 11.9 Å².